The third-order valence-corrected chi connectivity index (χ3v) is 6.94. The van der Waals surface area contributed by atoms with Gasteiger partial charge in [0.2, 0.25) is 11.9 Å². The molecule has 1 heterocycles. The maximum Gasteiger partial charge on any atom is 0.303 e. The van der Waals surface area contributed by atoms with E-state index in [0.717, 1.165) is 39.5 Å². The monoisotopic (exact) mass is 566 g/mol. The largest absolute Gasteiger partial charge is 0.463 e. The Labute approximate surface area is 232 Å². The second-order valence-electron chi connectivity index (χ2n) is 9.61. The van der Waals surface area contributed by atoms with Crippen LogP contribution in [0.5, 0.6) is 0 Å². The van der Waals surface area contributed by atoms with Crippen LogP contribution in [0, 0.1) is 0 Å². The van der Waals surface area contributed by atoms with Crippen LogP contribution < -0.4 is 0 Å². The summed E-state index contributed by atoms with van der Waals surface area (Å²) in [6.07, 6.45) is 2.08. The number of esters is 4. The molecule has 10 nitrogen and oxygen atoms in total. The summed E-state index contributed by atoms with van der Waals surface area (Å²) in [4.78, 5) is 48.2. The minimum Gasteiger partial charge on any atom is -0.463 e. The first-order valence-corrected chi connectivity index (χ1v) is 13.2. The van der Waals surface area contributed by atoms with Crippen molar-refractivity contribution in [3.05, 3.63) is 39.9 Å². The van der Waals surface area contributed by atoms with E-state index in [9.17, 15) is 19.2 Å². The summed E-state index contributed by atoms with van der Waals surface area (Å²) >= 11 is 6.56. The SMILES string of the molecule is COC1(c2ccc(Cl)c(C=C3CCCCC3)c2)O[C@H](COC(C)=O)[C@@H](OC(C)=O)[C@H](OC(C)=O)[C@H]1OC(C)=O. The summed E-state index contributed by atoms with van der Waals surface area (Å²) in [5, 5.41) is 0.494. The van der Waals surface area contributed by atoms with Crippen LogP contribution in [0.4, 0.5) is 0 Å². The average molecular weight is 567 g/mol. The van der Waals surface area contributed by atoms with Crippen LogP contribution >= 0.6 is 11.6 Å². The Kier molecular flexibility index (Phi) is 10.5. The fourth-order valence-electron chi connectivity index (χ4n) is 5.02. The lowest BCUT2D eigenvalue weighted by Crippen LogP contribution is -2.67. The van der Waals surface area contributed by atoms with E-state index in [-0.39, 0.29) is 6.61 Å². The van der Waals surface area contributed by atoms with Crippen LogP contribution in [-0.2, 0) is 53.4 Å². The minimum atomic E-state index is -1.86. The molecule has 0 bridgehead atoms. The Morgan fingerprint density at radius 3 is 2.10 bits per heavy atom. The van der Waals surface area contributed by atoms with Crippen molar-refractivity contribution in [1.29, 1.82) is 0 Å². The van der Waals surface area contributed by atoms with E-state index >= 15 is 0 Å². The van der Waals surface area contributed by atoms with Gasteiger partial charge in [-0.2, -0.15) is 0 Å². The van der Waals surface area contributed by atoms with Crippen LogP contribution in [0.15, 0.2) is 23.8 Å². The van der Waals surface area contributed by atoms with E-state index < -0.39 is 54.1 Å². The Bertz CT molecular complexity index is 1110. The number of ether oxygens (including phenoxy) is 6. The van der Waals surface area contributed by atoms with Crippen molar-refractivity contribution in [3.8, 4) is 0 Å². The molecule has 1 unspecified atom stereocenters. The number of carbonyl (C=O) groups is 4. The Balaban J connectivity index is 2.19. The molecule has 11 heteroatoms. The fraction of sp³-hybridized carbons (Fsp3) is 0.571. The van der Waals surface area contributed by atoms with E-state index in [1.165, 1.54) is 33.0 Å². The summed E-state index contributed by atoms with van der Waals surface area (Å²) in [7, 11) is 1.34. The van der Waals surface area contributed by atoms with Gasteiger partial charge in [0.15, 0.2) is 12.2 Å². The zero-order chi connectivity index (χ0) is 28.7. The first kappa shape index (κ1) is 30.6. The van der Waals surface area contributed by atoms with Crippen molar-refractivity contribution in [2.75, 3.05) is 13.7 Å². The summed E-state index contributed by atoms with van der Waals surface area (Å²) in [6, 6.07) is 5.07. The van der Waals surface area contributed by atoms with Gasteiger partial charge in [-0.05, 0) is 43.4 Å². The number of rotatable bonds is 8. The molecule has 5 atom stereocenters. The Morgan fingerprint density at radius 2 is 1.54 bits per heavy atom. The highest BCUT2D eigenvalue weighted by atomic mass is 35.5. The fourth-order valence-corrected chi connectivity index (χ4v) is 5.19. The molecule has 0 spiro atoms. The van der Waals surface area contributed by atoms with E-state index in [1.54, 1.807) is 18.2 Å². The van der Waals surface area contributed by atoms with Gasteiger partial charge < -0.3 is 28.4 Å². The molecular formula is C28H35ClO10. The molecule has 214 valence electrons. The van der Waals surface area contributed by atoms with Crippen LogP contribution in [0.2, 0.25) is 5.02 Å². The molecule has 39 heavy (non-hydrogen) atoms. The highest BCUT2D eigenvalue weighted by Gasteiger charge is 2.61. The first-order valence-electron chi connectivity index (χ1n) is 12.8. The predicted molar refractivity (Wildman–Crippen MR) is 139 cm³/mol. The maximum atomic E-state index is 12.3. The zero-order valence-electron chi connectivity index (χ0n) is 22.8. The summed E-state index contributed by atoms with van der Waals surface area (Å²) < 4.78 is 34.2. The smallest absolute Gasteiger partial charge is 0.303 e. The number of benzene rings is 1. The molecule has 1 aliphatic carbocycles. The van der Waals surface area contributed by atoms with Crippen LogP contribution in [-0.4, -0.2) is 62.0 Å². The van der Waals surface area contributed by atoms with Gasteiger partial charge in [-0.25, -0.2) is 0 Å². The standard InChI is InChI=1S/C28H35ClO10/c1-16(30)35-15-24-25(36-17(2)31)26(37-18(3)32)27(38-19(4)33)28(34-5,39-24)22-11-12-23(29)21(14-22)13-20-9-7-6-8-10-20/h11-14,24-27H,6-10,15H2,1-5H3/t24-,25-,26+,27-,28?/m1/s1. The lowest BCUT2D eigenvalue weighted by molar-refractivity contribution is -0.367. The van der Waals surface area contributed by atoms with Crippen molar-refractivity contribution < 1.29 is 47.6 Å². The number of carbonyl (C=O) groups excluding carboxylic acids is 4. The average Bonchev–Trinajstić information content (AvgIpc) is 2.86. The molecular weight excluding hydrogens is 532 g/mol. The molecule has 1 aromatic carbocycles. The molecule has 0 amide bonds. The molecule has 0 aromatic heterocycles. The molecule has 3 rings (SSSR count). The molecule has 1 aliphatic heterocycles. The highest BCUT2D eigenvalue weighted by molar-refractivity contribution is 6.32. The van der Waals surface area contributed by atoms with E-state index in [4.69, 9.17) is 40.0 Å². The van der Waals surface area contributed by atoms with Crippen molar-refractivity contribution in [2.24, 2.45) is 0 Å². The normalized spacial score (nSPS) is 26.8. The van der Waals surface area contributed by atoms with E-state index in [2.05, 4.69) is 0 Å². The van der Waals surface area contributed by atoms with Crippen LogP contribution in [0.25, 0.3) is 6.08 Å². The molecule has 0 N–H and O–H groups in total. The third kappa shape index (κ3) is 7.58. The van der Waals surface area contributed by atoms with Gasteiger partial charge in [-0.3, -0.25) is 19.2 Å². The van der Waals surface area contributed by atoms with E-state index in [0.29, 0.717) is 16.1 Å². The second-order valence-corrected chi connectivity index (χ2v) is 10.0. The molecule has 2 fully saturated rings. The highest BCUT2D eigenvalue weighted by Crippen LogP contribution is 2.44. The lowest BCUT2D eigenvalue weighted by Gasteiger charge is -2.50. The first-order chi connectivity index (χ1) is 18.5. The van der Waals surface area contributed by atoms with Crippen LogP contribution in [0.1, 0.15) is 70.9 Å². The number of allylic oxidation sites excluding steroid dienone is 1. The quantitative estimate of drug-likeness (QED) is 0.333. The van der Waals surface area contributed by atoms with Gasteiger partial charge in [0.25, 0.3) is 0 Å². The second kappa shape index (κ2) is 13.4. The molecule has 1 saturated heterocycles. The van der Waals surface area contributed by atoms with Gasteiger partial charge in [-0.15, -0.1) is 0 Å². The van der Waals surface area contributed by atoms with Gasteiger partial charge in [0.05, 0.1) is 0 Å². The van der Waals surface area contributed by atoms with Gasteiger partial charge in [0, 0.05) is 45.4 Å². The topological polar surface area (TPSA) is 124 Å². The van der Waals surface area contributed by atoms with Crippen molar-refractivity contribution in [2.45, 2.75) is 90.0 Å². The van der Waals surface area contributed by atoms with Crippen LogP contribution in [0.3, 0.4) is 0 Å². The number of methoxy groups -OCH3 is 1. The molecule has 2 aliphatic rings. The predicted octanol–water partition coefficient (Wildman–Crippen LogP) is 4.24. The third-order valence-electron chi connectivity index (χ3n) is 6.59. The zero-order valence-corrected chi connectivity index (χ0v) is 23.6. The van der Waals surface area contributed by atoms with Gasteiger partial charge in [0.1, 0.15) is 12.7 Å². The van der Waals surface area contributed by atoms with E-state index in [1.807, 2.05) is 6.08 Å². The number of halogens is 1. The van der Waals surface area contributed by atoms with Crippen molar-refractivity contribution in [1.82, 2.24) is 0 Å². The Hall–Kier alpha value is -2.95. The summed E-state index contributed by atoms with van der Waals surface area (Å²) in [5.74, 6) is -4.64. The summed E-state index contributed by atoms with van der Waals surface area (Å²) in [5.41, 5.74) is 2.36. The van der Waals surface area contributed by atoms with Crippen molar-refractivity contribution >= 4 is 41.6 Å². The van der Waals surface area contributed by atoms with Crippen molar-refractivity contribution in [3.63, 3.8) is 0 Å². The maximum absolute atomic E-state index is 12.3. The van der Waals surface area contributed by atoms with Gasteiger partial charge in [-0.1, -0.05) is 35.7 Å². The lowest BCUT2D eigenvalue weighted by atomic mass is 9.86. The molecule has 1 aromatic rings. The van der Waals surface area contributed by atoms with Gasteiger partial charge >= 0.3 is 23.9 Å². The molecule has 0 radical (unpaired) electrons. The Morgan fingerprint density at radius 1 is 0.923 bits per heavy atom. The number of hydrogen-bond donors (Lipinski definition) is 0. The molecule has 1 saturated carbocycles. The number of hydrogen-bond acceptors (Lipinski definition) is 10. The summed E-state index contributed by atoms with van der Waals surface area (Å²) in [6.45, 7) is 4.35. The minimum absolute atomic E-state index is 0.368.